The summed E-state index contributed by atoms with van der Waals surface area (Å²) in [6, 6.07) is 0. The molecule has 1 aliphatic rings. The number of hydrogen-bond donors (Lipinski definition) is 0. The van der Waals surface area contributed by atoms with Gasteiger partial charge in [0.2, 0.25) is 0 Å². The molecule has 1 heterocycles. The molecule has 1 atom stereocenters. The predicted octanol–water partition coefficient (Wildman–Crippen LogP) is 1.81. The van der Waals surface area contributed by atoms with E-state index in [1.54, 1.807) is 0 Å². The van der Waals surface area contributed by atoms with Gasteiger partial charge in [-0.05, 0) is 5.75 Å². The Balaban J connectivity index is 1.88. The van der Waals surface area contributed by atoms with Gasteiger partial charge in [0, 0.05) is 5.75 Å². The standard InChI is InChI=1S/C4H8S2/c1-2-5-4-3-6-4/h4H,2-3H2,1H3. The van der Waals surface area contributed by atoms with E-state index in [0.29, 0.717) is 0 Å². The quantitative estimate of drug-likeness (QED) is 0.510. The largest absolute Gasteiger partial charge is 0.147 e. The third-order valence-corrected chi connectivity index (χ3v) is 3.19. The number of hydrogen-bond acceptors (Lipinski definition) is 2. The lowest BCUT2D eigenvalue weighted by atomic mass is 11.0. The van der Waals surface area contributed by atoms with Gasteiger partial charge in [-0.2, -0.15) is 0 Å². The van der Waals surface area contributed by atoms with E-state index in [1.165, 1.54) is 11.5 Å². The van der Waals surface area contributed by atoms with Crippen molar-refractivity contribution < 1.29 is 0 Å². The molecule has 0 saturated carbocycles. The van der Waals surface area contributed by atoms with E-state index >= 15 is 0 Å². The van der Waals surface area contributed by atoms with Gasteiger partial charge in [-0.3, -0.25) is 0 Å². The molecule has 0 bridgehead atoms. The van der Waals surface area contributed by atoms with Crippen molar-refractivity contribution in [3.05, 3.63) is 0 Å². The minimum absolute atomic E-state index is 0.981. The summed E-state index contributed by atoms with van der Waals surface area (Å²) in [5.41, 5.74) is 0. The zero-order valence-electron chi connectivity index (χ0n) is 3.81. The summed E-state index contributed by atoms with van der Waals surface area (Å²) in [4.78, 5) is 0. The fraction of sp³-hybridized carbons (Fsp3) is 1.00. The maximum Gasteiger partial charge on any atom is 0.0593 e. The summed E-state index contributed by atoms with van der Waals surface area (Å²) < 4.78 is 0.981. The van der Waals surface area contributed by atoms with Crippen LogP contribution in [-0.2, 0) is 0 Å². The van der Waals surface area contributed by atoms with Crippen LogP contribution in [0, 0.1) is 0 Å². The molecule has 0 spiro atoms. The number of thioether (sulfide) groups is 2. The minimum Gasteiger partial charge on any atom is -0.147 e. The van der Waals surface area contributed by atoms with Crippen LogP contribution in [0.2, 0.25) is 0 Å². The molecule has 0 aromatic rings. The van der Waals surface area contributed by atoms with Crippen molar-refractivity contribution in [2.45, 2.75) is 11.5 Å². The third kappa shape index (κ3) is 1.43. The van der Waals surface area contributed by atoms with Crippen molar-refractivity contribution in [3.8, 4) is 0 Å². The molecule has 6 heavy (non-hydrogen) atoms. The smallest absolute Gasteiger partial charge is 0.0593 e. The lowest BCUT2D eigenvalue weighted by Gasteiger charge is -1.82. The van der Waals surface area contributed by atoms with Gasteiger partial charge in [-0.25, -0.2) is 0 Å². The first-order valence-corrected chi connectivity index (χ1v) is 4.26. The molecule has 36 valence electrons. The van der Waals surface area contributed by atoms with Crippen LogP contribution in [0.25, 0.3) is 0 Å². The van der Waals surface area contributed by atoms with Gasteiger partial charge < -0.3 is 0 Å². The Labute approximate surface area is 47.1 Å². The van der Waals surface area contributed by atoms with Gasteiger partial charge in [0.05, 0.1) is 4.58 Å². The van der Waals surface area contributed by atoms with Gasteiger partial charge in [0.1, 0.15) is 0 Å². The second kappa shape index (κ2) is 2.12. The van der Waals surface area contributed by atoms with Crippen LogP contribution in [0.1, 0.15) is 6.92 Å². The monoisotopic (exact) mass is 120 g/mol. The fourth-order valence-electron chi connectivity index (χ4n) is 0.321. The Morgan fingerprint density at radius 1 is 2.00 bits per heavy atom. The van der Waals surface area contributed by atoms with Crippen molar-refractivity contribution in [1.29, 1.82) is 0 Å². The van der Waals surface area contributed by atoms with Crippen LogP contribution in [0.4, 0.5) is 0 Å². The summed E-state index contributed by atoms with van der Waals surface area (Å²) in [6.07, 6.45) is 0. The maximum atomic E-state index is 2.21. The molecule has 1 saturated heterocycles. The molecule has 0 N–H and O–H groups in total. The molecule has 1 fully saturated rings. The van der Waals surface area contributed by atoms with E-state index in [1.807, 2.05) is 0 Å². The molecule has 0 aromatic carbocycles. The second-order valence-electron chi connectivity index (χ2n) is 1.22. The normalized spacial score (nSPS) is 30.5. The van der Waals surface area contributed by atoms with E-state index in [4.69, 9.17) is 0 Å². The van der Waals surface area contributed by atoms with Crippen molar-refractivity contribution in [2.24, 2.45) is 0 Å². The van der Waals surface area contributed by atoms with Crippen LogP contribution >= 0.6 is 23.5 Å². The average molecular weight is 120 g/mol. The summed E-state index contributed by atoms with van der Waals surface area (Å²) in [7, 11) is 0. The second-order valence-corrected chi connectivity index (χ2v) is 4.23. The van der Waals surface area contributed by atoms with Crippen molar-refractivity contribution in [2.75, 3.05) is 11.5 Å². The molecule has 0 amide bonds. The molecule has 1 unspecified atom stereocenters. The Morgan fingerprint density at radius 2 is 2.67 bits per heavy atom. The first-order chi connectivity index (χ1) is 2.93. The van der Waals surface area contributed by atoms with E-state index in [0.717, 1.165) is 4.58 Å². The van der Waals surface area contributed by atoms with Gasteiger partial charge in [-0.15, -0.1) is 23.5 Å². The highest BCUT2D eigenvalue weighted by Gasteiger charge is 2.20. The molecular weight excluding hydrogens is 112 g/mol. The van der Waals surface area contributed by atoms with Gasteiger partial charge in [0.25, 0.3) is 0 Å². The Morgan fingerprint density at radius 3 is 2.83 bits per heavy atom. The zero-order valence-corrected chi connectivity index (χ0v) is 5.44. The lowest BCUT2D eigenvalue weighted by Crippen LogP contribution is -1.70. The maximum absolute atomic E-state index is 2.21. The summed E-state index contributed by atoms with van der Waals surface area (Å²) in [5, 5.41) is 0. The van der Waals surface area contributed by atoms with Crippen molar-refractivity contribution in [1.82, 2.24) is 0 Å². The number of rotatable bonds is 2. The van der Waals surface area contributed by atoms with Crippen LogP contribution in [0.5, 0.6) is 0 Å². The highest BCUT2D eigenvalue weighted by molar-refractivity contribution is 8.23. The zero-order chi connectivity index (χ0) is 4.41. The van der Waals surface area contributed by atoms with Crippen LogP contribution in [-0.4, -0.2) is 16.1 Å². The van der Waals surface area contributed by atoms with Crippen molar-refractivity contribution >= 4 is 23.5 Å². The molecule has 1 rings (SSSR count). The van der Waals surface area contributed by atoms with E-state index in [2.05, 4.69) is 30.4 Å². The molecule has 0 aromatic heterocycles. The van der Waals surface area contributed by atoms with Crippen LogP contribution in [0.3, 0.4) is 0 Å². The Bertz CT molecular complexity index is 40.8. The molecule has 2 heteroatoms. The van der Waals surface area contributed by atoms with Crippen molar-refractivity contribution in [3.63, 3.8) is 0 Å². The molecule has 0 radical (unpaired) electrons. The van der Waals surface area contributed by atoms with Gasteiger partial charge in [0.15, 0.2) is 0 Å². The van der Waals surface area contributed by atoms with E-state index in [9.17, 15) is 0 Å². The first-order valence-electron chi connectivity index (χ1n) is 2.16. The predicted molar refractivity (Wildman–Crippen MR) is 34.4 cm³/mol. The molecule has 1 aliphatic heterocycles. The third-order valence-electron chi connectivity index (χ3n) is 0.655. The lowest BCUT2D eigenvalue weighted by molar-refractivity contribution is 1.50. The first kappa shape index (κ1) is 4.85. The SMILES string of the molecule is CCSC1CS1. The minimum atomic E-state index is 0.981. The molecule has 0 aliphatic carbocycles. The van der Waals surface area contributed by atoms with Crippen LogP contribution in [0.15, 0.2) is 0 Å². The van der Waals surface area contributed by atoms with Crippen LogP contribution < -0.4 is 0 Å². The Hall–Kier alpha value is 0.700. The Kier molecular flexibility index (Phi) is 1.72. The van der Waals surface area contributed by atoms with E-state index in [-0.39, 0.29) is 0 Å². The van der Waals surface area contributed by atoms with Gasteiger partial charge >= 0.3 is 0 Å². The van der Waals surface area contributed by atoms with E-state index < -0.39 is 0 Å². The fourth-order valence-corrected chi connectivity index (χ4v) is 2.19. The summed E-state index contributed by atoms with van der Waals surface area (Å²) in [6.45, 7) is 2.21. The summed E-state index contributed by atoms with van der Waals surface area (Å²) >= 11 is 4.12. The highest BCUT2D eigenvalue weighted by Crippen LogP contribution is 2.39. The summed E-state index contributed by atoms with van der Waals surface area (Å²) in [5.74, 6) is 2.69. The average Bonchev–Trinajstić information content (AvgIpc) is 2.21. The topological polar surface area (TPSA) is 0 Å². The molecular formula is C4H8S2. The molecule has 0 nitrogen and oxygen atoms in total. The highest BCUT2D eigenvalue weighted by atomic mass is 32.2. The van der Waals surface area contributed by atoms with Gasteiger partial charge in [-0.1, -0.05) is 6.92 Å².